The number of amides is 1. The molecule has 3 aromatic rings. The van der Waals surface area contributed by atoms with Crippen molar-refractivity contribution in [2.75, 3.05) is 11.9 Å². The monoisotopic (exact) mass is 475 g/mol. The predicted molar refractivity (Wildman–Crippen MR) is 110 cm³/mol. The second kappa shape index (κ2) is 8.01. The second-order valence-corrected chi connectivity index (χ2v) is 7.43. The molecule has 1 amide bonds. The Balaban J connectivity index is 1.69. The first-order valence-corrected chi connectivity index (χ1v) is 9.44. The van der Waals surface area contributed by atoms with Crippen LogP contribution in [0.2, 0.25) is 0 Å². The minimum Gasteiger partial charge on any atom is -0.483 e. The normalized spacial score (nSPS) is 10.6. The Morgan fingerprint density at radius 3 is 2.62 bits per heavy atom. The molecule has 0 aliphatic heterocycles. The molecule has 0 aliphatic rings. The van der Waals surface area contributed by atoms with E-state index in [1.54, 1.807) is 24.3 Å². The molecule has 0 unspecified atom stereocenters. The highest BCUT2D eigenvalue weighted by atomic mass is 79.9. The van der Waals surface area contributed by atoms with Crippen molar-refractivity contribution in [3.05, 3.63) is 69.1 Å². The zero-order valence-electron chi connectivity index (χ0n) is 13.9. The van der Waals surface area contributed by atoms with Crippen LogP contribution in [-0.4, -0.2) is 18.3 Å². The largest absolute Gasteiger partial charge is 0.483 e. The van der Waals surface area contributed by atoms with Crippen LogP contribution in [-0.2, 0) is 4.79 Å². The highest BCUT2D eigenvalue weighted by Gasteiger charge is 2.10. The summed E-state index contributed by atoms with van der Waals surface area (Å²) in [5.74, 6) is 0.241. The van der Waals surface area contributed by atoms with Gasteiger partial charge in [-0.15, -0.1) is 0 Å². The number of hydrogen-bond donors (Lipinski definition) is 1. The molecule has 6 heteroatoms. The number of ether oxygens (including phenoxy) is 1. The maximum absolute atomic E-state index is 12.1. The van der Waals surface area contributed by atoms with Crippen LogP contribution in [0.4, 0.5) is 5.69 Å². The third-order valence-corrected chi connectivity index (χ3v) is 5.10. The Hall–Kier alpha value is -2.18. The minimum atomic E-state index is -0.298. The summed E-state index contributed by atoms with van der Waals surface area (Å²) in [5, 5.41) is 4.79. The van der Waals surface area contributed by atoms with E-state index < -0.39 is 0 Å². The van der Waals surface area contributed by atoms with E-state index in [4.69, 9.17) is 4.74 Å². The van der Waals surface area contributed by atoms with Gasteiger partial charge < -0.3 is 10.1 Å². The van der Waals surface area contributed by atoms with Crippen LogP contribution in [0.15, 0.2) is 63.5 Å². The molecule has 26 heavy (non-hydrogen) atoms. The molecule has 0 aromatic heterocycles. The number of carbonyl (C=O) groups is 2. The minimum absolute atomic E-state index is 0.0518. The van der Waals surface area contributed by atoms with Gasteiger partial charge in [-0.3, -0.25) is 9.59 Å². The van der Waals surface area contributed by atoms with Gasteiger partial charge in [-0.25, -0.2) is 0 Å². The molecular weight excluding hydrogens is 462 g/mol. The third kappa shape index (κ3) is 4.31. The lowest BCUT2D eigenvalue weighted by Gasteiger charge is -2.11. The summed E-state index contributed by atoms with van der Waals surface area (Å²) in [6.45, 7) is 1.35. The summed E-state index contributed by atoms with van der Waals surface area (Å²) in [6, 6.07) is 16.5. The van der Waals surface area contributed by atoms with Gasteiger partial charge in [0.25, 0.3) is 5.91 Å². The smallest absolute Gasteiger partial charge is 0.262 e. The van der Waals surface area contributed by atoms with Crippen LogP contribution in [0.25, 0.3) is 10.8 Å². The van der Waals surface area contributed by atoms with Crippen LogP contribution in [0.1, 0.15) is 17.3 Å². The third-order valence-electron chi connectivity index (χ3n) is 3.79. The Labute approximate surface area is 167 Å². The average Bonchev–Trinajstić information content (AvgIpc) is 2.61. The van der Waals surface area contributed by atoms with Gasteiger partial charge in [-0.05, 0) is 64.0 Å². The summed E-state index contributed by atoms with van der Waals surface area (Å²) in [6.07, 6.45) is 0. The SMILES string of the molecule is CC(=O)c1cccc(NC(=O)COc2ccc3cc(Br)ccc3c2Br)c1. The summed E-state index contributed by atoms with van der Waals surface area (Å²) < 4.78 is 7.45. The van der Waals surface area contributed by atoms with Crippen molar-refractivity contribution in [3.63, 3.8) is 0 Å². The lowest BCUT2D eigenvalue weighted by Crippen LogP contribution is -2.20. The number of Topliss-reactive ketones (excluding diaryl/α,β-unsaturated/α-hetero) is 1. The van der Waals surface area contributed by atoms with Crippen molar-refractivity contribution in [2.24, 2.45) is 0 Å². The molecule has 1 N–H and O–H groups in total. The highest BCUT2D eigenvalue weighted by Crippen LogP contribution is 2.34. The van der Waals surface area contributed by atoms with Crippen molar-refractivity contribution in [2.45, 2.75) is 6.92 Å². The first-order chi connectivity index (χ1) is 12.4. The van der Waals surface area contributed by atoms with E-state index >= 15 is 0 Å². The van der Waals surface area contributed by atoms with Crippen LogP contribution in [0, 0.1) is 0 Å². The molecule has 0 radical (unpaired) electrons. The summed E-state index contributed by atoms with van der Waals surface area (Å²) in [4.78, 5) is 23.6. The van der Waals surface area contributed by atoms with Crippen LogP contribution >= 0.6 is 31.9 Å². The molecule has 3 aromatic carbocycles. The van der Waals surface area contributed by atoms with Gasteiger partial charge in [0.05, 0.1) is 4.47 Å². The fourth-order valence-corrected chi connectivity index (χ4v) is 3.50. The molecule has 0 fully saturated rings. The number of ketones is 1. The van der Waals surface area contributed by atoms with Gasteiger partial charge in [-0.2, -0.15) is 0 Å². The molecule has 0 aliphatic carbocycles. The molecule has 0 spiro atoms. The van der Waals surface area contributed by atoms with Crippen LogP contribution in [0.5, 0.6) is 5.75 Å². The molecule has 0 saturated heterocycles. The number of carbonyl (C=O) groups excluding carboxylic acids is 2. The molecule has 132 valence electrons. The van der Waals surface area contributed by atoms with E-state index in [0.29, 0.717) is 17.0 Å². The number of anilines is 1. The standard InChI is InChI=1S/C20H15Br2NO3/c1-12(24)13-3-2-4-16(10-13)23-19(25)11-26-18-8-5-14-9-15(21)6-7-17(14)20(18)22/h2-10H,11H2,1H3,(H,23,25). The summed E-state index contributed by atoms with van der Waals surface area (Å²) in [7, 11) is 0. The fraction of sp³-hybridized carbons (Fsp3) is 0.100. The van der Waals surface area contributed by atoms with Crippen molar-refractivity contribution in [3.8, 4) is 5.75 Å². The number of hydrogen-bond acceptors (Lipinski definition) is 3. The lowest BCUT2D eigenvalue weighted by atomic mass is 10.1. The quantitative estimate of drug-likeness (QED) is 0.488. The number of nitrogens with one attached hydrogen (secondary N) is 1. The van der Waals surface area contributed by atoms with Gasteiger partial charge in [-0.1, -0.05) is 40.2 Å². The zero-order chi connectivity index (χ0) is 18.7. The Bertz CT molecular complexity index is 1000. The molecule has 4 nitrogen and oxygen atoms in total. The average molecular weight is 477 g/mol. The van der Waals surface area contributed by atoms with Gasteiger partial charge >= 0.3 is 0 Å². The van der Waals surface area contributed by atoms with Crippen LogP contribution < -0.4 is 10.1 Å². The van der Waals surface area contributed by atoms with E-state index in [-0.39, 0.29) is 18.3 Å². The van der Waals surface area contributed by atoms with E-state index in [0.717, 1.165) is 19.7 Å². The van der Waals surface area contributed by atoms with E-state index in [2.05, 4.69) is 37.2 Å². The van der Waals surface area contributed by atoms with E-state index in [1.165, 1.54) is 6.92 Å². The number of fused-ring (bicyclic) bond motifs is 1. The predicted octanol–water partition coefficient (Wildman–Crippen LogP) is 5.58. The Morgan fingerprint density at radius 2 is 1.85 bits per heavy atom. The maximum Gasteiger partial charge on any atom is 0.262 e. The molecule has 0 atom stereocenters. The zero-order valence-corrected chi connectivity index (χ0v) is 17.1. The summed E-state index contributed by atoms with van der Waals surface area (Å²) >= 11 is 6.99. The Kier molecular flexibility index (Phi) is 5.74. The van der Waals surface area contributed by atoms with Crippen molar-refractivity contribution >= 4 is 60.0 Å². The summed E-state index contributed by atoms with van der Waals surface area (Å²) in [5.41, 5.74) is 1.11. The molecule has 3 rings (SSSR count). The topological polar surface area (TPSA) is 55.4 Å². The molecule has 0 heterocycles. The van der Waals surface area contributed by atoms with Crippen LogP contribution in [0.3, 0.4) is 0 Å². The van der Waals surface area contributed by atoms with Gasteiger partial charge in [0.1, 0.15) is 5.75 Å². The lowest BCUT2D eigenvalue weighted by molar-refractivity contribution is -0.118. The highest BCUT2D eigenvalue weighted by molar-refractivity contribution is 9.11. The van der Waals surface area contributed by atoms with E-state index in [1.807, 2.05) is 30.3 Å². The number of halogens is 2. The number of rotatable bonds is 5. The van der Waals surface area contributed by atoms with Crippen molar-refractivity contribution in [1.82, 2.24) is 0 Å². The van der Waals surface area contributed by atoms with E-state index in [9.17, 15) is 9.59 Å². The molecular formula is C20H15Br2NO3. The fourth-order valence-electron chi connectivity index (χ4n) is 2.51. The molecule has 0 bridgehead atoms. The van der Waals surface area contributed by atoms with Gasteiger partial charge in [0.2, 0.25) is 0 Å². The maximum atomic E-state index is 12.1. The number of benzene rings is 3. The van der Waals surface area contributed by atoms with Crippen molar-refractivity contribution in [1.29, 1.82) is 0 Å². The first kappa shape index (κ1) is 18.6. The van der Waals surface area contributed by atoms with Crippen molar-refractivity contribution < 1.29 is 14.3 Å². The van der Waals surface area contributed by atoms with Gasteiger partial charge in [0.15, 0.2) is 12.4 Å². The molecule has 0 saturated carbocycles. The first-order valence-electron chi connectivity index (χ1n) is 7.85. The Morgan fingerprint density at radius 1 is 1.04 bits per heavy atom. The second-order valence-electron chi connectivity index (χ2n) is 5.72. The van der Waals surface area contributed by atoms with Gasteiger partial charge in [0, 0.05) is 15.7 Å².